The highest BCUT2D eigenvalue weighted by Gasteiger charge is 2.47. The van der Waals surface area contributed by atoms with Gasteiger partial charge in [-0.25, -0.2) is 9.98 Å². The normalized spacial score (nSPS) is 19.8. The van der Waals surface area contributed by atoms with E-state index in [1.54, 1.807) is 0 Å². The van der Waals surface area contributed by atoms with E-state index in [4.69, 9.17) is 19.5 Å². The average Bonchev–Trinajstić information content (AvgIpc) is 3.52. The van der Waals surface area contributed by atoms with Gasteiger partial charge in [0, 0.05) is 0 Å². The van der Waals surface area contributed by atoms with Crippen molar-refractivity contribution in [1.29, 1.82) is 0 Å². The lowest BCUT2D eigenvalue weighted by Crippen LogP contribution is -2.39. The van der Waals surface area contributed by atoms with Crippen LogP contribution < -0.4 is 0 Å². The third kappa shape index (κ3) is 5.27. The highest BCUT2D eigenvalue weighted by atomic mass is 16.5. The Morgan fingerprint density at radius 2 is 1.12 bits per heavy atom. The van der Waals surface area contributed by atoms with Crippen LogP contribution in [0.15, 0.2) is 93.9 Å². The van der Waals surface area contributed by atoms with Crippen molar-refractivity contribution >= 4 is 11.8 Å². The molecule has 0 radical (unpaired) electrons. The summed E-state index contributed by atoms with van der Waals surface area (Å²) in [5, 5.41) is 0. The summed E-state index contributed by atoms with van der Waals surface area (Å²) in [6.07, 6.45) is 5.98. The fraction of sp³-hybridized carbons (Fsp3) is 0.379. The first-order valence-electron chi connectivity index (χ1n) is 11.8. The molecular formula is C29H34N2O2. The van der Waals surface area contributed by atoms with E-state index in [-0.39, 0.29) is 12.1 Å². The van der Waals surface area contributed by atoms with Crippen molar-refractivity contribution in [1.82, 2.24) is 0 Å². The van der Waals surface area contributed by atoms with Crippen molar-refractivity contribution < 1.29 is 9.47 Å². The zero-order valence-corrected chi connectivity index (χ0v) is 20.1. The van der Waals surface area contributed by atoms with E-state index >= 15 is 0 Å². The zero-order valence-electron chi connectivity index (χ0n) is 20.1. The van der Waals surface area contributed by atoms with E-state index in [2.05, 4.69) is 88.4 Å². The Hall–Kier alpha value is -3.14. The molecule has 0 saturated carbocycles. The molecule has 0 amide bonds. The van der Waals surface area contributed by atoms with Gasteiger partial charge in [0.2, 0.25) is 11.8 Å². The summed E-state index contributed by atoms with van der Waals surface area (Å²) in [6.45, 7) is 9.58. The summed E-state index contributed by atoms with van der Waals surface area (Å²) in [6, 6.07) is 20.7. The summed E-state index contributed by atoms with van der Waals surface area (Å²) < 4.78 is 12.7. The number of aliphatic imine (C=N–C) groups is 2. The maximum absolute atomic E-state index is 6.33. The summed E-state index contributed by atoms with van der Waals surface area (Å²) in [5.74, 6) is 1.47. The molecule has 4 rings (SSSR count). The van der Waals surface area contributed by atoms with Gasteiger partial charge in [-0.05, 0) is 51.7 Å². The van der Waals surface area contributed by atoms with Gasteiger partial charge in [0.1, 0.15) is 30.7 Å². The van der Waals surface area contributed by atoms with Crippen LogP contribution in [-0.4, -0.2) is 25.0 Å². The van der Waals surface area contributed by atoms with Crippen LogP contribution >= 0.6 is 0 Å². The second-order valence-corrected chi connectivity index (χ2v) is 9.40. The minimum absolute atomic E-state index is 0.00842. The second-order valence-electron chi connectivity index (χ2n) is 9.40. The average molecular weight is 443 g/mol. The van der Waals surface area contributed by atoms with Crippen LogP contribution in [0, 0.1) is 5.41 Å². The largest absolute Gasteiger partial charge is 0.478 e. The van der Waals surface area contributed by atoms with Crippen molar-refractivity contribution in [2.45, 2.75) is 52.6 Å². The maximum atomic E-state index is 6.33. The van der Waals surface area contributed by atoms with E-state index in [1.807, 2.05) is 12.1 Å². The lowest BCUT2D eigenvalue weighted by atomic mass is 9.79. The van der Waals surface area contributed by atoms with Gasteiger partial charge in [-0.3, -0.25) is 0 Å². The maximum Gasteiger partial charge on any atom is 0.200 e. The van der Waals surface area contributed by atoms with E-state index in [0.717, 1.165) is 24.6 Å². The van der Waals surface area contributed by atoms with Crippen molar-refractivity contribution in [2.24, 2.45) is 15.4 Å². The lowest BCUT2D eigenvalue weighted by Gasteiger charge is -2.30. The predicted molar refractivity (Wildman–Crippen MR) is 136 cm³/mol. The fourth-order valence-electron chi connectivity index (χ4n) is 4.24. The van der Waals surface area contributed by atoms with Gasteiger partial charge in [-0.15, -0.1) is 0 Å². The summed E-state index contributed by atoms with van der Waals surface area (Å²) in [5.41, 5.74) is 4.30. The van der Waals surface area contributed by atoms with Crippen molar-refractivity contribution in [3.63, 3.8) is 0 Å². The number of nitrogens with zero attached hydrogens (tertiary/aromatic N) is 2. The van der Waals surface area contributed by atoms with Gasteiger partial charge in [0.15, 0.2) is 0 Å². The Kier molecular flexibility index (Phi) is 7.12. The molecule has 33 heavy (non-hydrogen) atoms. The van der Waals surface area contributed by atoms with Gasteiger partial charge >= 0.3 is 0 Å². The van der Waals surface area contributed by atoms with Gasteiger partial charge in [-0.1, -0.05) is 84.0 Å². The van der Waals surface area contributed by atoms with Crippen LogP contribution in [0.25, 0.3) is 0 Å². The molecule has 2 atom stereocenters. The molecule has 2 heterocycles. The molecule has 0 saturated heterocycles. The van der Waals surface area contributed by atoms with E-state index in [0.29, 0.717) is 13.2 Å². The van der Waals surface area contributed by atoms with Gasteiger partial charge < -0.3 is 9.47 Å². The Morgan fingerprint density at radius 3 is 1.48 bits per heavy atom. The topological polar surface area (TPSA) is 43.2 Å². The number of allylic oxidation sites excluding steroid dienone is 4. The third-order valence-corrected chi connectivity index (χ3v) is 6.21. The molecule has 0 N–H and O–H groups in total. The van der Waals surface area contributed by atoms with Crippen molar-refractivity contribution in [2.75, 3.05) is 13.2 Å². The first-order chi connectivity index (χ1) is 16.0. The Bertz CT molecular complexity index is 972. The van der Waals surface area contributed by atoms with Crippen molar-refractivity contribution in [3.8, 4) is 0 Å². The van der Waals surface area contributed by atoms with Crippen LogP contribution in [0.2, 0.25) is 0 Å². The Labute approximate surface area is 197 Å². The number of ether oxygens (including phenoxy) is 2. The number of hydrogen-bond acceptors (Lipinski definition) is 4. The number of rotatable bonds is 8. The monoisotopic (exact) mass is 442 g/mol. The molecular weight excluding hydrogens is 408 g/mol. The van der Waals surface area contributed by atoms with Crippen LogP contribution in [0.1, 0.15) is 63.7 Å². The SMILES string of the molecule is CC(C)=CCC(CC=C(C)C)(C1=N[C@@H](c2ccccc2)CO1)C1=N[C@@H](c2ccccc2)CO1. The highest BCUT2D eigenvalue weighted by molar-refractivity contribution is 6.06. The van der Waals surface area contributed by atoms with Crippen molar-refractivity contribution in [3.05, 3.63) is 95.1 Å². The van der Waals surface area contributed by atoms with Crippen LogP contribution in [0.5, 0.6) is 0 Å². The molecule has 2 aromatic rings. The summed E-state index contributed by atoms with van der Waals surface area (Å²) >= 11 is 0. The standard InChI is InChI=1S/C29H34N2O2/c1-21(2)15-17-29(18-16-22(3)4,27-30-25(19-32-27)23-11-7-5-8-12-23)28-31-26(20-33-28)24-13-9-6-10-14-24/h5-16,25-26H,17-20H2,1-4H3/t25-,26-/m1/s1. The minimum atomic E-state index is -0.554. The van der Waals surface area contributed by atoms with E-state index < -0.39 is 5.41 Å². The molecule has 172 valence electrons. The molecule has 0 spiro atoms. The molecule has 4 heteroatoms. The zero-order chi connectivity index (χ0) is 23.3. The molecule has 0 bridgehead atoms. The third-order valence-electron chi connectivity index (χ3n) is 6.21. The van der Waals surface area contributed by atoms with Crippen LogP contribution in [0.3, 0.4) is 0 Å². The quantitative estimate of drug-likeness (QED) is 0.412. The molecule has 0 aromatic heterocycles. The second kappa shape index (κ2) is 10.2. The van der Waals surface area contributed by atoms with Crippen LogP contribution in [0.4, 0.5) is 0 Å². The number of hydrogen-bond donors (Lipinski definition) is 0. The molecule has 2 aromatic carbocycles. The van der Waals surface area contributed by atoms with Gasteiger partial charge in [0.25, 0.3) is 0 Å². The molecule has 0 unspecified atom stereocenters. The molecule has 0 aliphatic carbocycles. The van der Waals surface area contributed by atoms with Gasteiger partial charge in [0.05, 0.1) is 0 Å². The smallest absolute Gasteiger partial charge is 0.200 e. The van der Waals surface area contributed by atoms with Gasteiger partial charge in [-0.2, -0.15) is 0 Å². The minimum Gasteiger partial charge on any atom is -0.478 e. The highest BCUT2D eigenvalue weighted by Crippen LogP contribution is 2.42. The predicted octanol–water partition coefficient (Wildman–Crippen LogP) is 7.03. The van der Waals surface area contributed by atoms with E-state index in [1.165, 1.54) is 22.3 Å². The van der Waals surface area contributed by atoms with Crippen LogP contribution in [-0.2, 0) is 9.47 Å². The van der Waals surface area contributed by atoms with E-state index in [9.17, 15) is 0 Å². The molecule has 4 nitrogen and oxygen atoms in total. The molecule has 2 aliphatic rings. The lowest BCUT2D eigenvalue weighted by molar-refractivity contribution is 0.252. The first kappa shape index (κ1) is 23.0. The Morgan fingerprint density at radius 1 is 0.727 bits per heavy atom. The molecule has 2 aliphatic heterocycles. The number of benzene rings is 2. The first-order valence-corrected chi connectivity index (χ1v) is 11.8. The molecule has 0 fully saturated rings. The summed E-state index contributed by atoms with van der Waals surface area (Å²) in [7, 11) is 0. The summed E-state index contributed by atoms with van der Waals surface area (Å²) in [4.78, 5) is 10.2. The Balaban J connectivity index is 1.77. The fourth-order valence-corrected chi connectivity index (χ4v) is 4.24.